The first-order valence-corrected chi connectivity index (χ1v) is 11.4. The Morgan fingerprint density at radius 2 is 1.62 bits per heavy atom. The highest BCUT2D eigenvalue weighted by Crippen LogP contribution is 2.30. The Balaban J connectivity index is 1.32. The van der Waals surface area contributed by atoms with Gasteiger partial charge in [0.15, 0.2) is 5.78 Å². The summed E-state index contributed by atoms with van der Waals surface area (Å²) in [5.74, 6) is -0.160. The third-order valence-corrected chi connectivity index (χ3v) is 5.74. The van der Waals surface area contributed by atoms with Gasteiger partial charge in [0.05, 0.1) is 31.3 Å². The standard InChI is InChI=1S/C26H26F2N2O4/c27-22-9-3-11-24(29-22)32-15-5-6-18(16-34-25-12-4-10-23(28)30-25)13-14-19-17-33-21-8-2-1-7-20(21)26(19)31/h1-4,7-12,18-19H,5-6,13-17H2. The van der Waals surface area contributed by atoms with Gasteiger partial charge in [0.25, 0.3) is 0 Å². The minimum absolute atomic E-state index is 0.0825. The number of rotatable bonds is 11. The average Bonchev–Trinajstić information content (AvgIpc) is 2.84. The number of benzene rings is 1. The number of ether oxygens (including phenoxy) is 3. The van der Waals surface area contributed by atoms with Crippen LogP contribution in [0.15, 0.2) is 60.7 Å². The second-order valence-electron chi connectivity index (χ2n) is 8.21. The van der Waals surface area contributed by atoms with Crippen molar-refractivity contribution in [1.29, 1.82) is 0 Å². The summed E-state index contributed by atoms with van der Waals surface area (Å²) in [5.41, 5.74) is 0.617. The number of halogens is 2. The number of Topliss-reactive ketones (excluding diaryl/α,β-unsaturated/α-hetero) is 1. The Morgan fingerprint density at radius 1 is 0.912 bits per heavy atom. The van der Waals surface area contributed by atoms with Crippen molar-refractivity contribution in [2.75, 3.05) is 19.8 Å². The van der Waals surface area contributed by atoms with Crippen LogP contribution < -0.4 is 14.2 Å². The molecule has 6 nitrogen and oxygen atoms in total. The molecule has 178 valence electrons. The van der Waals surface area contributed by atoms with Gasteiger partial charge in [0, 0.05) is 12.1 Å². The molecule has 2 unspecified atom stereocenters. The molecule has 1 aliphatic rings. The van der Waals surface area contributed by atoms with Crippen molar-refractivity contribution in [3.05, 3.63) is 78.1 Å². The minimum Gasteiger partial charge on any atom is -0.492 e. The Labute approximate surface area is 196 Å². The molecule has 0 fully saturated rings. The molecule has 8 heteroatoms. The lowest BCUT2D eigenvalue weighted by molar-refractivity contribution is 0.0804. The van der Waals surface area contributed by atoms with E-state index in [4.69, 9.17) is 14.2 Å². The van der Waals surface area contributed by atoms with Gasteiger partial charge in [-0.05, 0) is 55.9 Å². The molecule has 34 heavy (non-hydrogen) atoms. The van der Waals surface area contributed by atoms with Gasteiger partial charge >= 0.3 is 0 Å². The van der Waals surface area contributed by atoms with Crippen molar-refractivity contribution in [1.82, 2.24) is 9.97 Å². The fraction of sp³-hybridized carbons (Fsp3) is 0.346. The van der Waals surface area contributed by atoms with Crippen LogP contribution >= 0.6 is 0 Å². The zero-order chi connectivity index (χ0) is 23.8. The normalized spacial score (nSPS) is 15.8. The van der Waals surface area contributed by atoms with Gasteiger partial charge in [0.2, 0.25) is 23.7 Å². The first-order chi connectivity index (χ1) is 16.6. The van der Waals surface area contributed by atoms with Crippen LogP contribution in [0.4, 0.5) is 8.78 Å². The van der Waals surface area contributed by atoms with Gasteiger partial charge in [-0.25, -0.2) is 0 Å². The van der Waals surface area contributed by atoms with Crippen LogP contribution in [0.25, 0.3) is 0 Å². The second-order valence-corrected chi connectivity index (χ2v) is 8.21. The number of aromatic nitrogens is 2. The smallest absolute Gasteiger partial charge is 0.216 e. The lowest BCUT2D eigenvalue weighted by Crippen LogP contribution is -2.28. The van der Waals surface area contributed by atoms with Crippen LogP contribution in [-0.4, -0.2) is 35.6 Å². The minimum atomic E-state index is -0.603. The van der Waals surface area contributed by atoms with Crippen molar-refractivity contribution in [2.45, 2.75) is 25.7 Å². The number of para-hydroxylation sites is 1. The summed E-state index contributed by atoms with van der Waals surface area (Å²) < 4.78 is 43.7. The summed E-state index contributed by atoms with van der Waals surface area (Å²) >= 11 is 0. The maximum atomic E-state index is 13.4. The van der Waals surface area contributed by atoms with E-state index in [0.29, 0.717) is 44.0 Å². The number of pyridine rings is 2. The van der Waals surface area contributed by atoms with E-state index in [1.807, 2.05) is 12.1 Å². The van der Waals surface area contributed by atoms with Crippen LogP contribution in [0.5, 0.6) is 17.5 Å². The van der Waals surface area contributed by atoms with E-state index in [1.54, 1.807) is 36.4 Å². The van der Waals surface area contributed by atoms with Crippen LogP contribution in [0.1, 0.15) is 36.0 Å². The molecule has 2 aromatic heterocycles. The molecular weight excluding hydrogens is 442 g/mol. The number of carbonyl (C=O) groups excluding carboxylic acids is 1. The molecule has 3 heterocycles. The summed E-state index contributed by atoms with van der Waals surface area (Å²) in [6, 6.07) is 16.1. The second kappa shape index (κ2) is 11.5. The predicted octanol–water partition coefficient (Wildman–Crippen LogP) is 5.28. The van der Waals surface area contributed by atoms with Crippen molar-refractivity contribution in [3.8, 4) is 17.5 Å². The number of hydrogen-bond acceptors (Lipinski definition) is 6. The quantitative estimate of drug-likeness (QED) is 0.282. The summed E-state index contributed by atoms with van der Waals surface area (Å²) in [7, 11) is 0. The highest BCUT2D eigenvalue weighted by atomic mass is 19.1. The zero-order valence-corrected chi connectivity index (χ0v) is 18.7. The van der Waals surface area contributed by atoms with Gasteiger partial charge in [-0.3, -0.25) is 4.79 Å². The lowest BCUT2D eigenvalue weighted by atomic mass is 9.87. The fourth-order valence-electron chi connectivity index (χ4n) is 3.94. The fourth-order valence-corrected chi connectivity index (χ4v) is 3.94. The van der Waals surface area contributed by atoms with E-state index in [0.717, 1.165) is 12.8 Å². The van der Waals surface area contributed by atoms with Gasteiger partial charge in [-0.1, -0.05) is 24.3 Å². The maximum Gasteiger partial charge on any atom is 0.216 e. The SMILES string of the molecule is O=C1c2ccccc2OCC1CCC(CCCOc1cccc(F)n1)COc1cccc(F)n1. The number of ketones is 1. The molecule has 0 amide bonds. The van der Waals surface area contributed by atoms with E-state index in [2.05, 4.69) is 9.97 Å². The number of fused-ring (bicyclic) bond motifs is 1. The predicted molar refractivity (Wildman–Crippen MR) is 121 cm³/mol. The molecule has 3 aromatic rings. The van der Waals surface area contributed by atoms with E-state index in [-0.39, 0.29) is 29.4 Å². The molecule has 0 saturated carbocycles. The number of hydrogen-bond donors (Lipinski definition) is 0. The van der Waals surface area contributed by atoms with Gasteiger partial charge < -0.3 is 14.2 Å². The maximum absolute atomic E-state index is 13.4. The highest BCUT2D eigenvalue weighted by molar-refractivity contribution is 6.01. The Hall–Kier alpha value is -3.55. The van der Waals surface area contributed by atoms with E-state index >= 15 is 0 Å². The zero-order valence-electron chi connectivity index (χ0n) is 18.7. The Kier molecular flexibility index (Phi) is 8.01. The summed E-state index contributed by atoms with van der Waals surface area (Å²) in [4.78, 5) is 20.3. The third-order valence-electron chi connectivity index (χ3n) is 5.74. The van der Waals surface area contributed by atoms with Gasteiger partial charge in [-0.2, -0.15) is 18.7 Å². The third kappa shape index (κ3) is 6.50. The first kappa shape index (κ1) is 23.6. The van der Waals surface area contributed by atoms with E-state index in [1.165, 1.54) is 12.1 Å². The van der Waals surface area contributed by atoms with Crippen LogP contribution in [0.3, 0.4) is 0 Å². The van der Waals surface area contributed by atoms with Crippen LogP contribution in [-0.2, 0) is 0 Å². The lowest BCUT2D eigenvalue weighted by Gasteiger charge is -2.25. The van der Waals surface area contributed by atoms with Crippen molar-refractivity contribution >= 4 is 5.78 Å². The van der Waals surface area contributed by atoms with E-state index < -0.39 is 11.9 Å². The molecule has 1 aromatic carbocycles. The summed E-state index contributed by atoms with van der Waals surface area (Å²) in [6.45, 7) is 1.04. The van der Waals surface area contributed by atoms with Crippen molar-refractivity contribution < 1.29 is 27.8 Å². The molecule has 2 atom stereocenters. The topological polar surface area (TPSA) is 70.5 Å². The largest absolute Gasteiger partial charge is 0.492 e. The van der Waals surface area contributed by atoms with Crippen LogP contribution in [0.2, 0.25) is 0 Å². The molecule has 0 spiro atoms. The molecule has 0 bridgehead atoms. The van der Waals surface area contributed by atoms with Gasteiger partial charge in [0.1, 0.15) is 5.75 Å². The summed E-state index contributed by atoms with van der Waals surface area (Å²) in [6.07, 6.45) is 2.78. The molecule has 0 aliphatic carbocycles. The van der Waals surface area contributed by atoms with Crippen LogP contribution in [0, 0.1) is 23.7 Å². The molecule has 0 N–H and O–H groups in total. The number of nitrogens with zero attached hydrogens (tertiary/aromatic N) is 2. The first-order valence-electron chi connectivity index (χ1n) is 11.4. The van der Waals surface area contributed by atoms with Crippen molar-refractivity contribution in [3.63, 3.8) is 0 Å². The molecule has 4 rings (SSSR count). The van der Waals surface area contributed by atoms with Gasteiger partial charge in [-0.15, -0.1) is 0 Å². The molecular formula is C26H26F2N2O4. The monoisotopic (exact) mass is 468 g/mol. The molecule has 0 saturated heterocycles. The summed E-state index contributed by atoms with van der Waals surface area (Å²) in [5, 5.41) is 0. The Morgan fingerprint density at radius 3 is 2.35 bits per heavy atom. The van der Waals surface area contributed by atoms with E-state index in [9.17, 15) is 13.6 Å². The molecule has 1 aliphatic heterocycles. The number of carbonyl (C=O) groups is 1. The highest BCUT2D eigenvalue weighted by Gasteiger charge is 2.29. The van der Waals surface area contributed by atoms with Crippen molar-refractivity contribution in [2.24, 2.45) is 11.8 Å². The Bertz CT molecular complexity index is 1110. The average molecular weight is 469 g/mol. The molecule has 0 radical (unpaired) electrons.